The smallest absolute Gasteiger partial charge is 0.303 e. The lowest BCUT2D eigenvalue weighted by atomic mass is 10.0. The number of carbonyl (C=O) groups is 2. The van der Waals surface area contributed by atoms with Gasteiger partial charge in [0.25, 0.3) is 0 Å². The minimum atomic E-state index is -0.758. The second-order valence-electron chi connectivity index (χ2n) is 6.76. The van der Waals surface area contributed by atoms with Crippen molar-refractivity contribution in [1.82, 2.24) is 0 Å². The zero-order chi connectivity index (χ0) is 18.7. The summed E-state index contributed by atoms with van der Waals surface area (Å²) in [7, 11) is 3.76. The predicted molar refractivity (Wildman–Crippen MR) is 94.5 cm³/mol. The minimum absolute atomic E-state index is 0.210. The molecular formula is C19H33NO5. The van der Waals surface area contributed by atoms with E-state index in [2.05, 4.69) is 7.05 Å². The number of nitrogens with two attached hydrogens (primary N) is 1. The van der Waals surface area contributed by atoms with Crippen molar-refractivity contribution in [2.45, 2.75) is 89.1 Å². The fraction of sp³-hybridized carbons (Fsp3) is 0.737. The van der Waals surface area contributed by atoms with Crippen molar-refractivity contribution < 1.29 is 29.9 Å². The van der Waals surface area contributed by atoms with Crippen molar-refractivity contribution in [3.05, 3.63) is 19.2 Å². The van der Waals surface area contributed by atoms with Crippen LogP contribution in [0.3, 0.4) is 0 Å². The van der Waals surface area contributed by atoms with E-state index in [1.165, 1.54) is 0 Å². The number of aliphatic carboxylic acids is 1. The molecule has 0 saturated carbocycles. The molecule has 6 heteroatoms. The lowest BCUT2D eigenvalue weighted by Crippen LogP contribution is -2.87. The third-order valence-electron chi connectivity index (χ3n) is 4.62. The summed E-state index contributed by atoms with van der Waals surface area (Å²) in [6.45, 7) is 1.91. The summed E-state index contributed by atoms with van der Waals surface area (Å²) in [5, 5.41) is 20.4. The number of ketones is 1. The average molecular weight is 355 g/mol. The fourth-order valence-electron chi connectivity index (χ4n) is 3.10. The van der Waals surface area contributed by atoms with Crippen LogP contribution in [-0.2, 0) is 14.3 Å². The lowest BCUT2D eigenvalue weighted by Gasteiger charge is -2.11. The van der Waals surface area contributed by atoms with Gasteiger partial charge in [0.2, 0.25) is 5.72 Å². The maximum absolute atomic E-state index is 11.8. The first-order chi connectivity index (χ1) is 11.9. The second kappa shape index (κ2) is 11.4. The molecular weight excluding hydrogens is 322 g/mol. The Morgan fingerprint density at radius 3 is 2.32 bits per heavy atom. The van der Waals surface area contributed by atoms with Gasteiger partial charge in [-0.3, -0.25) is 9.59 Å². The van der Waals surface area contributed by atoms with Gasteiger partial charge < -0.3 is 20.3 Å². The normalized spacial score (nSPS) is 23.7. The summed E-state index contributed by atoms with van der Waals surface area (Å²) in [4.78, 5) is 22.2. The van der Waals surface area contributed by atoms with Gasteiger partial charge in [-0.05, 0) is 32.6 Å². The Hall–Kier alpha value is -1.24. The van der Waals surface area contributed by atoms with E-state index in [0.29, 0.717) is 25.7 Å². The van der Waals surface area contributed by atoms with Gasteiger partial charge in [-0.2, -0.15) is 0 Å². The van der Waals surface area contributed by atoms with E-state index in [1.807, 2.05) is 19.1 Å². The van der Waals surface area contributed by atoms with Gasteiger partial charge >= 0.3 is 5.97 Å². The van der Waals surface area contributed by atoms with Crippen molar-refractivity contribution in [3.63, 3.8) is 0 Å². The summed E-state index contributed by atoms with van der Waals surface area (Å²) in [6.07, 6.45) is 9.89. The highest BCUT2D eigenvalue weighted by Gasteiger charge is 2.59. The highest BCUT2D eigenvalue weighted by molar-refractivity contribution is 5.78. The van der Waals surface area contributed by atoms with Gasteiger partial charge in [0.05, 0.1) is 6.10 Å². The van der Waals surface area contributed by atoms with E-state index in [9.17, 15) is 14.7 Å². The molecule has 6 nitrogen and oxygen atoms in total. The Bertz CT molecular complexity index is 451. The van der Waals surface area contributed by atoms with Crippen LogP contribution < -0.4 is 5.32 Å². The average Bonchev–Trinajstić information content (AvgIpc) is 3.29. The molecule has 0 radical (unpaired) electrons. The van der Waals surface area contributed by atoms with E-state index in [1.54, 1.807) is 5.32 Å². The van der Waals surface area contributed by atoms with Crippen molar-refractivity contribution >= 4 is 11.8 Å². The van der Waals surface area contributed by atoms with Crippen LogP contribution in [0.15, 0.2) is 12.2 Å². The van der Waals surface area contributed by atoms with Gasteiger partial charge in [0.15, 0.2) is 6.10 Å². The number of allylic oxidation sites excluding steroid dienone is 1. The van der Waals surface area contributed by atoms with E-state index in [-0.39, 0.29) is 18.3 Å². The van der Waals surface area contributed by atoms with Crippen molar-refractivity contribution in [2.24, 2.45) is 0 Å². The maximum atomic E-state index is 11.8. The quantitative estimate of drug-likeness (QED) is 0.180. The first kappa shape index (κ1) is 21.8. The molecule has 0 aromatic rings. The zero-order valence-electron chi connectivity index (χ0n) is 15.3. The van der Waals surface area contributed by atoms with Crippen molar-refractivity contribution in [3.8, 4) is 0 Å². The van der Waals surface area contributed by atoms with E-state index >= 15 is 0 Å². The van der Waals surface area contributed by atoms with Gasteiger partial charge in [-0.15, -0.1) is 7.05 Å². The molecule has 144 valence electrons. The number of carbonyl (C=O) groups excluding carboxylic acids is 1. The standard InChI is InChI=1S/C19H33NO5/c1-3-14-19(20-2)18(25-19)16(22)12-9-8-11-15(21)10-6-4-5-7-13-17(23)24/h3,14,16,18,22H,2,4-13,20H2,1H3,(H,23,24). The number of carboxylic acids is 1. The van der Waals surface area contributed by atoms with Crippen molar-refractivity contribution in [2.75, 3.05) is 0 Å². The molecule has 25 heavy (non-hydrogen) atoms. The molecule has 0 aliphatic carbocycles. The summed E-state index contributed by atoms with van der Waals surface area (Å²) in [6, 6.07) is 0. The third-order valence-corrected chi connectivity index (χ3v) is 4.62. The van der Waals surface area contributed by atoms with Crippen LogP contribution in [0, 0.1) is 7.05 Å². The number of aliphatic hydroxyl groups excluding tert-OH is 1. The number of carboxylic acid groups (broad SMARTS) is 1. The number of ether oxygens (including phenoxy) is 1. The summed E-state index contributed by atoms with van der Waals surface area (Å²) < 4.78 is 5.58. The largest absolute Gasteiger partial charge is 0.481 e. The van der Waals surface area contributed by atoms with Gasteiger partial charge in [0.1, 0.15) is 5.78 Å². The summed E-state index contributed by atoms with van der Waals surface area (Å²) in [5.74, 6) is -0.504. The molecule has 3 atom stereocenters. The van der Waals surface area contributed by atoms with Gasteiger partial charge in [-0.25, -0.2) is 0 Å². The van der Waals surface area contributed by atoms with Crippen LogP contribution in [0.25, 0.3) is 0 Å². The molecule has 0 aromatic carbocycles. The SMILES string of the molecule is [CH2-][NH2+]C1(C=CC)OC1C(O)CCCCC(=O)CCCCCCC(=O)O. The highest BCUT2D eigenvalue weighted by Crippen LogP contribution is 2.35. The Morgan fingerprint density at radius 2 is 1.76 bits per heavy atom. The summed E-state index contributed by atoms with van der Waals surface area (Å²) in [5.41, 5.74) is -0.509. The number of rotatable bonds is 15. The van der Waals surface area contributed by atoms with Crippen LogP contribution in [0.5, 0.6) is 0 Å². The number of quaternary nitrogens is 1. The Morgan fingerprint density at radius 1 is 1.16 bits per heavy atom. The monoisotopic (exact) mass is 355 g/mol. The second-order valence-corrected chi connectivity index (χ2v) is 6.76. The molecule has 1 aliphatic rings. The Balaban J connectivity index is 2.02. The van der Waals surface area contributed by atoms with Crippen molar-refractivity contribution in [1.29, 1.82) is 0 Å². The van der Waals surface area contributed by atoms with E-state index in [0.717, 1.165) is 32.1 Å². The number of hydrogen-bond acceptors (Lipinski definition) is 4. The first-order valence-corrected chi connectivity index (χ1v) is 9.32. The number of epoxide rings is 1. The van der Waals surface area contributed by atoms with Crippen LogP contribution >= 0.6 is 0 Å². The van der Waals surface area contributed by atoms with Gasteiger partial charge in [-0.1, -0.05) is 25.3 Å². The predicted octanol–water partition coefficient (Wildman–Crippen LogP) is 1.93. The first-order valence-electron chi connectivity index (χ1n) is 9.32. The van der Waals surface area contributed by atoms with Crippen LogP contribution in [0.2, 0.25) is 0 Å². The number of aliphatic hydroxyl groups is 1. The van der Waals surface area contributed by atoms with Crippen LogP contribution in [-0.4, -0.2) is 39.9 Å². The fourth-order valence-corrected chi connectivity index (χ4v) is 3.10. The van der Waals surface area contributed by atoms with Gasteiger partial charge in [0, 0.05) is 25.3 Å². The molecule has 1 rings (SSSR count). The molecule has 0 amide bonds. The molecule has 0 spiro atoms. The molecule has 3 unspecified atom stereocenters. The van der Waals surface area contributed by atoms with E-state index in [4.69, 9.17) is 9.84 Å². The lowest BCUT2D eigenvalue weighted by molar-refractivity contribution is -0.657. The molecule has 0 aromatic heterocycles. The topological polar surface area (TPSA) is 104 Å². The molecule has 1 aliphatic heterocycles. The molecule has 0 bridgehead atoms. The van der Waals surface area contributed by atoms with Crippen LogP contribution in [0.1, 0.15) is 71.1 Å². The molecule has 4 N–H and O–H groups in total. The Kier molecular flexibility index (Phi) is 9.93. The van der Waals surface area contributed by atoms with Crippen LogP contribution in [0.4, 0.5) is 0 Å². The Labute approximate surface area is 150 Å². The number of Topliss-reactive ketones (excluding diaryl/α,β-unsaturated/α-hetero) is 1. The number of hydrogen-bond donors (Lipinski definition) is 3. The van der Waals surface area contributed by atoms with E-state index < -0.39 is 17.8 Å². The number of unbranched alkanes of at least 4 members (excludes halogenated alkanes) is 4. The highest BCUT2D eigenvalue weighted by atomic mass is 16.6. The maximum Gasteiger partial charge on any atom is 0.303 e. The summed E-state index contributed by atoms with van der Waals surface area (Å²) >= 11 is 0. The molecule has 1 saturated heterocycles. The third kappa shape index (κ3) is 8.12. The molecule has 1 fully saturated rings. The minimum Gasteiger partial charge on any atom is -0.481 e. The molecule has 1 heterocycles. The zero-order valence-corrected chi connectivity index (χ0v) is 15.3.